The van der Waals surface area contributed by atoms with Crippen molar-refractivity contribution in [1.82, 2.24) is 0 Å². The highest BCUT2D eigenvalue weighted by atomic mass is 35.5. The average molecular weight is 414 g/mol. The van der Waals surface area contributed by atoms with Crippen LogP contribution in [0, 0.1) is 0 Å². The SMILES string of the molecule is CCC(C)c1ccc(NC(=O)/C=C/c2ccc(-c3cc(Cl)cc(Cl)c3)o2)cc1. The van der Waals surface area contributed by atoms with E-state index in [2.05, 4.69) is 19.2 Å². The van der Waals surface area contributed by atoms with Gasteiger partial charge in [0.1, 0.15) is 11.5 Å². The highest BCUT2D eigenvalue weighted by Crippen LogP contribution is 2.29. The number of halogens is 2. The lowest BCUT2D eigenvalue weighted by Gasteiger charge is -2.09. The Bertz CT molecular complexity index is 970. The molecule has 3 aromatic rings. The van der Waals surface area contributed by atoms with Crippen LogP contribution in [-0.4, -0.2) is 5.91 Å². The molecule has 0 radical (unpaired) electrons. The molecule has 28 heavy (non-hydrogen) atoms. The molecular formula is C23H21Cl2NO2. The Labute approximate surface area is 175 Å². The van der Waals surface area contributed by atoms with Crippen molar-refractivity contribution in [2.45, 2.75) is 26.2 Å². The predicted molar refractivity (Wildman–Crippen MR) is 117 cm³/mol. The van der Waals surface area contributed by atoms with Crippen molar-refractivity contribution >= 4 is 40.9 Å². The van der Waals surface area contributed by atoms with E-state index in [1.807, 2.05) is 30.3 Å². The summed E-state index contributed by atoms with van der Waals surface area (Å²) in [6, 6.07) is 16.7. The van der Waals surface area contributed by atoms with Crippen LogP contribution in [0.4, 0.5) is 5.69 Å². The van der Waals surface area contributed by atoms with Gasteiger partial charge in [0.2, 0.25) is 5.91 Å². The van der Waals surface area contributed by atoms with Crippen molar-refractivity contribution in [1.29, 1.82) is 0 Å². The van der Waals surface area contributed by atoms with Crippen LogP contribution in [-0.2, 0) is 4.79 Å². The molecule has 0 bridgehead atoms. The number of benzene rings is 2. The Morgan fingerprint density at radius 3 is 2.39 bits per heavy atom. The van der Waals surface area contributed by atoms with Gasteiger partial charge < -0.3 is 9.73 Å². The molecule has 0 saturated heterocycles. The van der Waals surface area contributed by atoms with Crippen LogP contribution in [0.5, 0.6) is 0 Å². The second-order valence-corrected chi connectivity index (χ2v) is 7.49. The molecule has 3 rings (SSSR count). The van der Waals surface area contributed by atoms with Crippen molar-refractivity contribution in [2.75, 3.05) is 5.32 Å². The lowest BCUT2D eigenvalue weighted by atomic mass is 9.99. The van der Waals surface area contributed by atoms with Crippen molar-refractivity contribution in [3.63, 3.8) is 0 Å². The van der Waals surface area contributed by atoms with Gasteiger partial charge >= 0.3 is 0 Å². The minimum Gasteiger partial charge on any atom is -0.457 e. The molecule has 1 atom stereocenters. The number of hydrogen-bond donors (Lipinski definition) is 1. The molecule has 1 N–H and O–H groups in total. The molecule has 1 heterocycles. The number of rotatable bonds is 6. The van der Waals surface area contributed by atoms with Crippen molar-refractivity contribution < 1.29 is 9.21 Å². The molecule has 3 nitrogen and oxygen atoms in total. The van der Waals surface area contributed by atoms with E-state index < -0.39 is 0 Å². The molecule has 1 unspecified atom stereocenters. The molecule has 0 fully saturated rings. The first-order chi connectivity index (χ1) is 13.4. The summed E-state index contributed by atoms with van der Waals surface area (Å²) in [6.07, 6.45) is 4.15. The third kappa shape index (κ3) is 5.28. The summed E-state index contributed by atoms with van der Waals surface area (Å²) in [5, 5.41) is 3.92. The number of hydrogen-bond acceptors (Lipinski definition) is 2. The maximum atomic E-state index is 12.2. The predicted octanol–water partition coefficient (Wildman–Crippen LogP) is 7.42. The van der Waals surface area contributed by atoms with Gasteiger partial charge in [0, 0.05) is 27.4 Å². The topological polar surface area (TPSA) is 42.2 Å². The molecular weight excluding hydrogens is 393 g/mol. The van der Waals surface area contributed by atoms with Crippen LogP contribution in [0.15, 0.2) is 65.1 Å². The van der Waals surface area contributed by atoms with E-state index in [0.717, 1.165) is 17.7 Å². The fourth-order valence-electron chi connectivity index (χ4n) is 2.77. The monoisotopic (exact) mass is 413 g/mol. The van der Waals surface area contributed by atoms with E-state index in [4.69, 9.17) is 27.6 Å². The summed E-state index contributed by atoms with van der Waals surface area (Å²) in [6.45, 7) is 4.34. The first-order valence-electron chi connectivity index (χ1n) is 9.10. The van der Waals surface area contributed by atoms with Gasteiger partial charge in [-0.25, -0.2) is 0 Å². The lowest BCUT2D eigenvalue weighted by molar-refractivity contribution is -0.111. The molecule has 0 aliphatic heterocycles. The first kappa shape index (κ1) is 20.2. The quantitative estimate of drug-likeness (QED) is 0.427. The van der Waals surface area contributed by atoms with E-state index in [1.54, 1.807) is 30.3 Å². The summed E-state index contributed by atoms with van der Waals surface area (Å²) in [5.41, 5.74) is 2.80. The number of amides is 1. The van der Waals surface area contributed by atoms with Gasteiger partial charge in [-0.1, -0.05) is 49.2 Å². The highest BCUT2D eigenvalue weighted by molar-refractivity contribution is 6.35. The molecule has 0 aliphatic rings. The second kappa shape index (κ2) is 9.13. The molecule has 1 amide bonds. The molecule has 0 aliphatic carbocycles. The fourth-order valence-corrected chi connectivity index (χ4v) is 3.29. The standard InChI is InChI=1S/C23H21Cl2NO2/c1-3-15(2)16-4-6-20(7-5-16)26-23(27)11-9-21-8-10-22(28-21)17-12-18(24)14-19(25)13-17/h4-15H,3H2,1-2H3,(H,26,27)/b11-9+. The number of anilines is 1. The zero-order chi connectivity index (χ0) is 20.1. The number of furan rings is 1. The van der Waals surface area contributed by atoms with Gasteiger partial charge in [-0.2, -0.15) is 0 Å². The van der Waals surface area contributed by atoms with Crippen LogP contribution in [0.3, 0.4) is 0 Å². The third-order valence-electron chi connectivity index (χ3n) is 4.53. The number of carbonyl (C=O) groups is 1. The first-order valence-corrected chi connectivity index (χ1v) is 9.85. The van der Waals surface area contributed by atoms with Gasteiger partial charge in [-0.3, -0.25) is 4.79 Å². The summed E-state index contributed by atoms with van der Waals surface area (Å²) in [7, 11) is 0. The summed E-state index contributed by atoms with van der Waals surface area (Å²) in [4.78, 5) is 12.2. The third-order valence-corrected chi connectivity index (χ3v) is 4.97. The van der Waals surface area contributed by atoms with Gasteiger partial charge in [0.15, 0.2) is 0 Å². The van der Waals surface area contributed by atoms with Gasteiger partial charge in [-0.15, -0.1) is 0 Å². The Kier molecular flexibility index (Phi) is 6.61. The maximum Gasteiger partial charge on any atom is 0.248 e. The molecule has 1 aromatic heterocycles. The normalized spacial score (nSPS) is 12.3. The number of carbonyl (C=O) groups excluding carboxylic acids is 1. The van der Waals surface area contributed by atoms with Crippen LogP contribution in [0.25, 0.3) is 17.4 Å². The van der Waals surface area contributed by atoms with Crippen molar-refractivity contribution in [3.8, 4) is 11.3 Å². The summed E-state index contributed by atoms with van der Waals surface area (Å²) < 4.78 is 5.75. The van der Waals surface area contributed by atoms with E-state index in [-0.39, 0.29) is 5.91 Å². The average Bonchev–Trinajstić information content (AvgIpc) is 3.15. The lowest BCUT2D eigenvalue weighted by Crippen LogP contribution is -2.07. The zero-order valence-corrected chi connectivity index (χ0v) is 17.2. The van der Waals surface area contributed by atoms with Crippen molar-refractivity contribution in [2.24, 2.45) is 0 Å². The Morgan fingerprint density at radius 2 is 1.75 bits per heavy atom. The largest absolute Gasteiger partial charge is 0.457 e. The van der Waals surface area contributed by atoms with E-state index in [0.29, 0.717) is 27.5 Å². The van der Waals surface area contributed by atoms with Crippen LogP contribution < -0.4 is 5.32 Å². The van der Waals surface area contributed by atoms with Gasteiger partial charge in [0.05, 0.1) is 0 Å². The molecule has 144 valence electrons. The summed E-state index contributed by atoms with van der Waals surface area (Å²) >= 11 is 12.1. The highest BCUT2D eigenvalue weighted by Gasteiger charge is 2.07. The maximum absolute atomic E-state index is 12.2. The Morgan fingerprint density at radius 1 is 1.07 bits per heavy atom. The van der Waals surface area contributed by atoms with Crippen molar-refractivity contribution in [3.05, 3.63) is 82.0 Å². The van der Waals surface area contributed by atoms with E-state index in [9.17, 15) is 4.79 Å². The molecule has 2 aromatic carbocycles. The molecule has 0 spiro atoms. The van der Waals surface area contributed by atoms with Gasteiger partial charge in [-0.05, 0) is 66.4 Å². The Balaban J connectivity index is 1.64. The molecule has 5 heteroatoms. The fraction of sp³-hybridized carbons (Fsp3) is 0.174. The van der Waals surface area contributed by atoms with Crippen LogP contribution >= 0.6 is 23.2 Å². The minimum atomic E-state index is -0.222. The zero-order valence-electron chi connectivity index (χ0n) is 15.7. The second-order valence-electron chi connectivity index (χ2n) is 6.61. The minimum absolute atomic E-state index is 0.222. The smallest absolute Gasteiger partial charge is 0.248 e. The molecule has 0 saturated carbocycles. The van der Waals surface area contributed by atoms with Crippen LogP contribution in [0.2, 0.25) is 10.0 Å². The van der Waals surface area contributed by atoms with E-state index in [1.165, 1.54) is 11.6 Å². The Hall–Kier alpha value is -2.49. The van der Waals surface area contributed by atoms with E-state index >= 15 is 0 Å². The summed E-state index contributed by atoms with van der Waals surface area (Å²) in [5.74, 6) is 1.48. The van der Waals surface area contributed by atoms with Crippen LogP contribution in [0.1, 0.15) is 37.5 Å². The van der Waals surface area contributed by atoms with Gasteiger partial charge in [0.25, 0.3) is 0 Å². The number of nitrogens with one attached hydrogen (secondary N) is 1.